The van der Waals surface area contributed by atoms with Crippen LogP contribution in [0.4, 0.5) is 0 Å². The number of nitrogens with zero attached hydrogens (tertiary/aromatic N) is 1. The molecule has 5 nitrogen and oxygen atoms in total. The number of carbonyl (C=O) groups excluding carboxylic acids is 1. The molecule has 3 aromatic rings. The second-order valence-electron chi connectivity index (χ2n) is 6.00. The average molecular weight is 474 g/mol. The van der Waals surface area contributed by atoms with Gasteiger partial charge in [-0.25, -0.2) is 5.43 Å². The van der Waals surface area contributed by atoms with E-state index in [1.807, 2.05) is 36.4 Å². The Morgan fingerprint density at radius 1 is 1.10 bits per heavy atom. The Kier molecular flexibility index (Phi) is 7.27. The number of ether oxygens (including phenoxy) is 2. The fourth-order valence-corrected chi connectivity index (χ4v) is 3.05. The lowest BCUT2D eigenvalue weighted by molar-refractivity contribution is 0.0950. The van der Waals surface area contributed by atoms with Gasteiger partial charge in [0.25, 0.3) is 5.91 Å². The molecule has 0 heterocycles. The third kappa shape index (κ3) is 5.82. The van der Waals surface area contributed by atoms with Crippen molar-refractivity contribution in [3.05, 3.63) is 92.9 Å². The number of amides is 1. The van der Waals surface area contributed by atoms with Gasteiger partial charge < -0.3 is 9.47 Å². The minimum Gasteiger partial charge on any atom is -0.496 e. The largest absolute Gasteiger partial charge is 0.496 e. The van der Waals surface area contributed by atoms with E-state index in [0.29, 0.717) is 28.7 Å². The smallest absolute Gasteiger partial charge is 0.275 e. The van der Waals surface area contributed by atoms with Crippen LogP contribution < -0.4 is 14.9 Å². The summed E-state index contributed by atoms with van der Waals surface area (Å²) < 4.78 is 12.0. The van der Waals surface area contributed by atoms with Gasteiger partial charge in [0.2, 0.25) is 0 Å². The summed E-state index contributed by atoms with van der Waals surface area (Å²) >= 11 is 9.30. The normalized spacial score (nSPS) is 10.7. The molecule has 1 amide bonds. The number of methoxy groups -OCH3 is 1. The van der Waals surface area contributed by atoms with Crippen molar-refractivity contribution in [2.45, 2.75) is 6.61 Å². The molecule has 7 heteroatoms. The molecule has 0 fully saturated rings. The van der Waals surface area contributed by atoms with E-state index in [0.717, 1.165) is 15.6 Å². The van der Waals surface area contributed by atoms with Gasteiger partial charge in [0, 0.05) is 15.1 Å². The van der Waals surface area contributed by atoms with Gasteiger partial charge in [-0.05, 0) is 48.0 Å². The van der Waals surface area contributed by atoms with Crippen LogP contribution in [0.2, 0.25) is 5.02 Å². The molecule has 0 aliphatic carbocycles. The number of nitrogens with one attached hydrogen (secondary N) is 1. The zero-order valence-electron chi connectivity index (χ0n) is 15.6. The lowest BCUT2D eigenvalue weighted by Crippen LogP contribution is -2.18. The molecular formula is C22H18BrClN2O3. The van der Waals surface area contributed by atoms with Crippen molar-refractivity contribution in [1.29, 1.82) is 0 Å². The minimum absolute atomic E-state index is 0.319. The average Bonchev–Trinajstić information content (AvgIpc) is 2.73. The fraction of sp³-hybridized carbons (Fsp3) is 0.0909. The number of carbonyl (C=O) groups is 1. The van der Waals surface area contributed by atoms with Gasteiger partial charge >= 0.3 is 0 Å². The number of hydrogen-bond donors (Lipinski definition) is 1. The monoisotopic (exact) mass is 472 g/mol. The minimum atomic E-state index is -0.373. The number of halogens is 2. The first-order chi connectivity index (χ1) is 14.1. The maximum absolute atomic E-state index is 12.6. The molecule has 0 aliphatic rings. The summed E-state index contributed by atoms with van der Waals surface area (Å²) in [5.41, 5.74) is 4.59. The number of benzene rings is 3. The van der Waals surface area contributed by atoms with Crippen molar-refractivity contribution in [2.75, 3.05) is 7.11 Å². The predicted molar refractivity (Wildman–Crippen MR) is 118 cm³/mol. The molecule has 0 atom stereocenters. The van der Waals surface area contributed by atoms with Crippen LogP contribution in [-0.4, -0.2) is 19.2 Å². The van der Waals surface area contributed by atoms with E-state index < -0.39 is 0 Å². The van der Waals surface area contributed by atoms with Gasteiger partial charge in [-0.15, -0.1) is 0 Å². The van der Waals surface area contributed by atoms with Gasteiger partial charge in [-0.3, -0.25) is 4.79 Å². The Bertz CT molecular complexity index is 1020. The zero-order valence-corrected chi connectivity index (χ0v) is 17.9. The summed E-state index contributed by atoms with van der Waals surface area (Å²) in [4.78, 5) is 12.6. The second-order valence-corrected chi connectivity index (χ2v) is 7.35. The van der Waals surface area contributed by atoms with Crippen molar-refractivity contribution in [2.24, 2.45) is 5.10 Å². The SMILES string of the molecule is COc1ccc(Br)cc1/C=N\NC(=O)c1ccccc1OCc1ccc(Cl)cc1. The highest BCUT2D eigenvalue weighted by atomic mass is 79.9. The first kappa shape index (κ1) is 20.9. The lowest BCUT2D eigenvalue weighted by Gasteiger charge is -2.10. The van der Waals surface area contributed by atoms with E-state index in [1.165, 1.54) is 6.21 Å². The highest BCUT2D eigenvalue weighted by molar-refractivity contribution is 9.10. The summed E-state index contributed by atoms with van der Waals surface area (Å²) in [5.74, 6) is 0.745. The first-order valence-corrected chi connectivity index (χ1v) is 9.87. The Balaban J connectivity index is 1.68. The number of para-hydroxylation sites is 1. The maximum Gasteiger partial charge on any atom is 0.275 e. The summed E-state index contributed by atoms with van der Waals surface area (Å²) in [5, 5.41) is 4.70. The summed E-state index contributed by atoms with van der Waals surface area (Å²) in [6.07, 6.45) is 1.53. The lowest BCUT2D eigenvalue weighted by atomic mass is 10.2. The van der Waals surface area contributed by atoms with E-state index in [2.05, 4.69) is 26.5 Å². The predicted octanol–water partition coefficient (Wildman–Crippen LogP) is 5.45. The Labute approximate surface area is 182 Å². The number of hydrogen-bond acceptors (Lipinski definition) is 4. The van der Waals surface area contributed by atoms with E-state index in [4.69, 9.17) is 21.1 Å². The van der Waals surface area contributed by atoms with Crippen molar-refractivity contribution >= 4 is 39.7 Å². The molecule has 1 N–H and O–H groups in total. The molecule has 3 aromatic carbocycles. The van der Waals surface area contributed by atoms with Crippen LogP contribution in [0.3, 0.4) is 0 Å². The summed E-state index contributed by atoms with van der Waals surface area (Å²) in [7, 11) is 1.58. The van der Waals surface area contributed by atoms with Crippen LogP contribution in [0.15, 0.2) is 76.3 Å². The van der Waals surface area contributed by atoms with Gasteiger partial charge in [0.05, 0.1) is 18.9 Å². The van der Waals surface area contributed by atoms with Crippen molar-refractivity contribution in [3.8, 4) is 11.5 Å². The molecule has 0 spiro atoms. The quantitative estimate of drug-likeness (QED) is 0.366. The molecule has 0 saturated heterocycles. The third-order valence-electron chi connectivity index (χ3n) is 4.00. The van der Waals surface area contributed by atoms with E-state index in [1.54, 1.807) is 37.4 Å². The standard InChI is InChI=1S/C22H18BrClN2O3/c1-28-20-11-8-17(23)12-16(20)13-25-26-22(27)19-4-2-3-5-21(19)29-14-15-6-9-18(24)10-7-15/h2-13H,14H2,1H3,(H,26,27)/b25-13-. The molecule has 0 saturated carbocycles. The number of hydrazone groups is 1. The first-order valence-electron chi connectivity index (χ1n) is 8.70. The van der Waals surface area contributed by atoms with E-state index >= 15 is 0 Å². The van der Waals surface area contributed by atoms with Gasteiger partial charge in [0.15, 0.2) is 0 Å². The molecule has 0 unspecified atom stereocenters. The molecule has 148 valence electrons. The Hall–Kier alpha value is -2.83. The second kappa shape index (κ2) is 10.1. The van der Waals surface area contributed by atoms with Gasteiger partial charge in [-0.2, -0.15) is 5.10 Å². The van der Waals surface area contributed by atoms with Crippen LogP contribution in [0.1, 0.15) is 21.5 Å². The zero-order chi connectivity index (χ0) is 20.6. The Morgan fingerprint density at radius 2 is 1.86 bits per heavy atom. The summed E-state index contributed by atoms with van der Waals surface area (Å²) in [6.45, 7) is 0.319. The topological polar surface area (TPSA) is 59.9 Å². The van der Waals surface area contributed by atoms with Crippen LogP contribution in [-0.2, 0) is 6.61 Å². The molecule has 0 bridgehead atoms. The van der Waals surface area contributed by atoms with Gasteiger partial charge in [-0.1, -0.05) is 51.8 Å². The molecular weight excluding hydrogens is 456 g/mol. The highest BCUT2D eigenvalue weighted by Crippen LogP contribution is 2.22. The molecule has 0 aromatic heterocycles. The third-order valence-corrected chi connectivity index (χ3v) is 4.75. The molecule has 29 heavy (non-hydrogen) atoms. The van der Waals surface area contributed by atoms with Crippen LogP contribution in [0.25, 0.3) is 0 Å². The van der Waals surface area contributed by atoms with Crippen molar-refractivity contribution in [1.82, 2.24) is 5.43 Å². The molecule has 0 radical (unpaired) electrons. The maximum atomic E-state index is 12.6. The van der Waals surface area contributed by atoms with Crippen LogP contribution in [0.5, 0.6) is 11.5 Å². The number of rotatable bonds is 7. The van der Waals surface area contributed by atoms with Crippen LogP contribution >= 0.6 is 27.5 Å². The fourth-order valence-electron chi connectivity index (χ4n) is 2.55. The molecule has 0 aliphatic heterocycles. The van der Waals surface area contributed by atoms with Crippen molar-refractivity contribution in [3.63, 3.8) is 0 Å². The summed E-state index contributed by atoms with van der Waals surface area (Å²) in [6, 6.07) is 19.9. The highest BCUT2D eigenvalue weighted by Gasteiger charge is 2.12. The van der Waals surface area contributed by atoms with Gasteiger partial charge in [0.1, 0.15) is 18.1 Å². The van der Waals surface area contributed by atoms with Crippen molar-refractivity contribution < 1.29 is 14.3 Å². The van der Waals surface area contributed by atoms with Crippen LogP contribution in [0, 0.1) is 0 Å². The Morgan fingerprint density at radius 3 is 2.62 bits per heavy atom. The molecule has 3 rings (SSSR count). The van der Waals surface area contributed by atoms with E-state index in [9.17, 15) is 4.79 Å². The van der Waals surface area contributed by atoms with E-state index in [-0.39, 0.29) is 5.91 Å².